The third kappa shape index (κ3) is 5.05. The first-order valence-corrected chi connectivity index (χ1v) is 9.68. The van der Waals surface area contributed by atoms with Crippen molar-refractivity contribution in [1.29, 1.82) is 0 Å². The fraction of sp³-hybridized carbons (Fsp3) is 0.130. The Bertz CT molecular complexity index is 1150. The van der Waals surface area contributed by atoms with E-state index in [1.54, 1.807) is 25.3 Å². The first-order valence-electron chi connectivity index (χ1n) is 9.68. The number of hydrogen-bond donors (Lipinski definition) is 2. The van der Waals surface area contributed by atoms with Crippen LogP contribution in [0.2, 0.25) is 0 Å². The Morgan fingerprint density at radius 1 is 0.968 bits per heavy atom. The van der Waals surface area contributed by atoms with Crippen LogP contribution in [0.15, 0.2) is 72.8 Å². The average Bonchev–Trinajstić information content (AvgIpc) is 3.37. The van der Waals surface area contributed by atoms with Gasteiger partial charge in [0.1, 0.15) is 6.61 Å². The molecule has 4 aromatic rings. The number of aromatic nitrogens is 4. The predicted molar refractivity (Wildman–Crippen MR) is 115 cm³/mol. The quantitative estimate of drug-likeness (QED) is 0.457. The van der Waals surface area contributed by atoms with Crippen LogP contribution in [0.3, 0.4) is 0 Å². The van der Waals surface area contributed by atoms with Crippen LogP contribution in [0.5, 0.6) is 11.5 Å². The Morgan fingerprint density at radius 3 is 2.61 bits per heavy atom. The van der Waals surface area contributed by atoms with E-state index in [0.29, 0.717) is 41.6 Å². The fourth-order valence-corrected chi connectivity index (χ4v) is 3.04. The topological polar surface area (TPSA) is 102 Å². The van der Waals surface area contributed by atoms with Gasteiger partial charge >= 0.3 is 0 Å². The van der Waals surface area contributed by atoms with Gasteiger partial charge in [0.15, 0.2) is 11.5 Å². The zero-order valence-electron chi connectivity index (χ0n) is 16.9. The number of ether oxygens (including phenoxy) is 2. The third-order valence-electron chi connectivity index (χ3n) is 4.65. The number of carbonyl (C=O) groups excluding carboxylic acids is 1. The van der Waals surface area contributed by atoms with E-state index < -0.39 is 0 Å². The van der Waals surface area contributed by atoms with Gasteiger partial charge < -0.3 is 14.8 Å². The minimum Gasteiger partial charge on any atom is -0.493 e. The van der Waals surface area contributed by atoms with Crippen LogP contribution in [0.1, 0.15) is 21.5 Å². The molecule has 0 saturated carbocycles. The summed E-state index contributed by atoms with van der Waals surface area (Å²) in [5.74, 6) is 1.50. The molecule has 3 aromatic carbocycles. The second-order valence-corrected chi connectivity index (χ2v) is 6.76. The van der Waals surface area contributed by atoms with E-state index >= 15 is 0 Å². The summed E-state index contributed by atoms with van der Waals surface area (Å²) in [4.78, 5) is 12.6. The predicted octanol–water partition coefficient (Wildman–Crippen LogP) is 3.38. The molecule has 0 unspecified atom stereocenters. The molecule has 0 saturated heterocycles. The van der Waals surface area contributed by atoms with Gasteiger partial charge in [-0.05, 0) is 40.6 Å². The number of amides is 1. The minimum atomic E-state index is -0.200. The lowest BCUT2D eigenvalue weighted by molar-refractivity contribution is 0.0951. The highest BCUT2D eigenvalue weighted by atomic mass is 16.5. The number of aromatic amines is 1. The zero-order valence-corrected chi connectivity index (χ0v) is 16.9. The summed E-state index contributed by atoms with van der Waals surface area (Å²) in [6.45, 7) is 0.796. The molecule has 1 heterocycles. The number of nitrogens with zero attached hydrogens (tertiary/aromatic N) is 3. The summed E-state index contributed by atoms with van der Waals surface area (Å²) in [5, 5.41) is 16.7. The fourth-order valence-electron chi connectivity index (χ4n) is 3.04. The number of nitrogens with one attached hydrogen (secondary N) is 2. The lowest BCUT2D eigenvalue weighted by Gasteiger charge is -2.13. The van der Waals surface area contributed by atoms with Crippen LogP contribution in [0.4, 0.5) is 0 Å². The van der Waals surface area contributed by atoms with Crippen LogP contribution in [-0.2, 0) is 13.2 Å². The summed E-state index contributed by atoms with van der Waals surface area (Å²) in [5.41, 5.74) is 3.19. The summed E-state index contributed by atoms with van der Waals surface area (Å²) in [6.07, 6.45) is 0. The van der Waals surface area contributed by atoms with Crippen molar-refractivity contribution < 1.29 is 14.3 Å². The Kier molecular flexibility index (Phi) is 6.18. The lowest BCUT2D eigenvalue weighted by Crippen LogP contribution is -2.22. The van der Waals surface area contributed by atoms with E-state index in [2.05, 4.69) is 25.9 Å². The Balaban J connectivity index is 1.39. The van der Waals surface area contributed by atoms with E-state index in [-0.39, 0.29) is 5.91 Å². The van der Waals surface area contributed by atoms with Gasteiger partial charge in [0.05, 0.1) is 7.11 Å². The van der Waals surface area contributed by atoms with Crippen LogP contribution in [0.25, 0.3) is 11.4 Å². The second kappa shape index (κ2) is 9.53. The molecular weight excluding hydrogens is 394 g/mol. The van der Waals surface area contributed by atoms with Crippen molar-refractivity contribution in [2.24, 2.45) is 0 Å². The monoisotopic (exact) mass is 415 g/mol. The van der Waals surface area contributed by atoms with Gasteiger partial charge in [-0.3, -0.25) is 4.79 Å². The first-order chi connectivity index (χ1) is 15.2. The molecule has 0 aliphatic rings. The van der Waals surface area contributed by atoms with Crippen LogP contribution in [0, 0.1) is 0 Å². The molecule has 0 bridgehead atoms. The normalized spacial score (nSPS) is 10.5. The van der Waals surface area contributed by atoms with Crippen LogP contribution >= 0.6 is 0 Å². The molecule has 0 fully saturated rings. The number of hydrogen-bond acceptors (Lipinski definition) is 6. The average molecular weight is 415 g/mol. The van der Waals surface area contributed by atoms with Crippen molar-refractivity contribution in [3.63, 3.8) is 0 Å². The molecule has 31 heavy (non-hydrogen) atoms. The zero-order chi connectivity index (χ0) is 21.5. The van der Waals surface area contributed by atoms with Crippen LogP contribution in [-0.4, -0.2) is 33.6 Å². The van der Waals surface area contributed by atoms with Gasteiger partial charge in [0.25, 0.3) is 5.91 Å². The molecule has 8 heteroatoms. The molecule has 0 aliphatic carbocycles. The summed E-state index contributed by atoms with van der Waals surface area (Å²) >= 11 is 0. The third-order valence-corrected chi connectivity index (χ3v) is 4.65. The molecule has 156 valence electrons. The minimum absolute atomic E-state index is 0.200. The van der Waals surface area contributed by atoms with E-state index in [0.717, 1.165) is 11.1 Å². The van der Waals surface area contributed by atoms with Gasteiger partial charge in [-0.15, -0.1) is 10.2 Å². The van der Waals surface area contributed by atoms with Crippen molar-refractivity contribution in [3.05, 3.63) is 89.5 Å². The molecule has 2 N–H and O–H groups in total. The molecule has 0 aliphatic heterocycles. The molecule has 8 nitrogen and oxygen atoms in total. The number of tetrazole rings is 1. The molecule has 0 radical (unpaired) electrons. The van der Waals surface area contributed by atoms with Gasteiger partial charge in [-0.1, -0.05) is 48.5 Å². The smallest absolute Gasteiger partial charge is 0.251 e. The van der Waals surface area contributed by atoms with Crippen LogP contribution < -0.4 is 14.8 Å². The van der Waals surface area contributed by atoms with Gasteiger partial charge in [-0.25, -0.2) is 0 Å². The van der Waals surface area contributed by atoms with Crippen molar-refractivity contribution in [2.45, 2.75) is 13.2 Å². The van der Waals surface area contributed by atoms with Crippen molar-refractivity contribution in [1.82, 2.24) is 25.9 Å². The van der Waals surface area contributed by atoms with Gasteiger partial charge in [0.2, 0.25) is 5.82 Å². The summed E-state index contributed by atoms with van der Waals surface area (Å²) in [6, 6.07) is 22.6. The second-order valence-electron chi connectivity index (χ2n) is 6.76. The molecule has 1 aromatic heterocycles. The highest BCUT2D eigenvalue weighted by Crippen LogP contribution is 2.29. The van der Waals surface area contributed by atoms with Gasteiger partial charge in [0, 0.05) is 17.7 Å². The van der Waals surface area contributed by atoms with E-state index in [4.69, 9.17) is 9.47 Å². The van der Waals surface area contributed by atoms with E-state index in [9.17, 15) is 4.79 Å². The summed E-state index contributed by atoms with van der Waals surface area (Å²) < 4.78 is 11.3. The SMILES string of the molecule is COc1cc(CNC(=O)c2cccc(-c3nn[nH]n3)c2)ccc1OCc1ccccc1. The number of methoxy groups -OCH3 is 1. The maximum absolute atomic E-state index is 12.6. The van der Waals surface area contributed by atoms with E-state index in [1.807, 2.05) is 54.6 Å². The van der Waals surface area contributed by atoms with Crippen molar-refractivity contribution in [2.75, 3.05) is 7.11 Å². The molecule has 4 rings (SSSR count). The molecule has 0 atom stereocenters. The standard InChI is InChI=1S/C23H21N5O3/c1-30-21-12-17(10-11-20(21)31-15-16-6-3-2-4-7-16)14-24-23(29)19-9-5-8-18(13-19)22-25-27-28-26-22/h2-13H,14-15H2,1H3,(H,24,29)(H,25,26,27,28). The maximum atomic E-state index is 12.6. The van der Waals surface area contributed by atoms with E-state index in [1.165, 1.54) is 0 Å². The first kappa shape index (κ1) is 20.1. The maximum Gasteiger partial charge on any atom is 0.251 e. The Hall–Kier alpha value is -4.20. The number of benzene rings is 3. The summed E-state index contributed by atoms with van der Waals surface area (Å²) in [7, 11) is 1.59. The van der Waals surface area contributed by atoms with Crippen molar-refractivity contribution >= 4 is 5.91 Å². The highest BCUT2D eigenvalue weighted by molar-refractivity contribution is 5.95. The highest BCUT2D eigenvalue weighted by Gasteiger charge is 2.11. The Morgan fingerprint density at radius 2 is 1.84 bits per heavy atom. The Labute approximate surface area is 179 Å². The molecule has 0 spiro atoms. The number of rotatable bonds is 8. The van der Waals surface area contributed by atoms with Crippen molar-refractivity contribution in [3.8, 4) is 22.9 Å². The lowest BCUT2D eigenvalue weighted by atomic mass is 10.1. The molecule has 1 amide bonds. The van der Waals surface area contributed by atoms with Gasteiger partial charge in [-0.2, -0.15) is 5.21 Å². The number of carbonyl (C=O) groups is 1. The number of H-pyrrole nitrogens is 1. The largest absolute Gasteiger partial charge is 0.493 e. The molecular formula is C23H21N5O3.